The van der Waals surface area contributed by atoms with Crippen LogP contribution in [-0.4, -0.2) is 0 Å². The summed E-state index contributed by atoms with van der Waals surface area (Å²) in [7, 11) is 0. The Balaban J connectivity index is 3.08. The van der Waals surface area contributed by atoms with Crippen molar-refractivity contribution in [3.8, 4) is 0 Å². The fourth-order valence-corrected chi connectivity index (χ4v) is 1.05. The largest absolute Gasteiger partial charge is 0.107 e. The van der Waals surface area contributed by atoms with E-state index < -0.39 is 0 Å². The summed E-state index contributed by atoms with van der Waals surface area (Å²) >= 11 is 1.74. The van der Waals surface area contributed by atoms with Crippen molar-refractivity contribution in [2.75, 3.05) is 0 Å². The lowest BCUT2D eigenvalue weighted by atomic mass is 10.5. The van der Waals surface area contributed by atoms with Crippen LogP contribution in [0.15, 0.2) is 23.0 Å². The molecule has 0 aromatic heterocycles. The molecular weight excluding hydrogens is 128 g/mol. The molecule has 0 nitrogen and oxygen atoms in total. The molecule has 0 atom stereocenters. The van der Waals surface area contributed by atoms with Gasteiger partial charge in [0.2, 0.25) is 0 Å². The molecule has 0 aliphatic rings. The molecule has 0 amide bonds. The lowest BCUT2D eigenvalue weighted by Gasteiger charge is -1.79. The first kappa shape index (κ1) is 8.83. The second-order valence-corrected chi connectivity index (χ2v) is 2.51. The molecule has 0 saturated heterocycles. The van der Waals surface area contributed by atoms with E-state index in [4.69, 9.17) is 0 Å². The van der Waals surface area contributed by atoms with Crippen LogP contribution in [0.1, 0.15) is 26.7 Å². The molecule has 0 spiro atoms. The van der Waals surface area contributed by atoms with Crippen LogP contribution in [-0.2, 0) is 0 Å². The smallest absolute Gasteiger partial charge is 0.0288 e. The van der Waals surface area contributed by atoms with E-state index in [9.17, 15) is 0 Å². The first-order valence-corrected chi connectivity index (χ1v) is 4.31. The van der Waals surface area contributed by atoms with Crippen LogP contribution in [0, 0.1) is 0 Å². The van der Waals surface area contributed by atoms with Crippen LogP contribution >= 0.6 is 11.8 Å². The fourth-order valence-electron chi connectivity index (χ4n) is 0.349. The number of rotatable bonds is 4. The number of thioether (sulfide) groups is 1. The Hall–Kier alpha value is -0.170. The Labute approximate surface area is 62.0 Å². The van der Waals surface area contributed by atoms with E-state index in [1.54, 1.807) is 11.8 Å². The first-order valence-electron chi connectivity index (χ1n) is 3.37. The van der Waals surface area contributed by atoms with E-state index in [1.165, 1.54) is 0 Å². The van der Waals surface area contributed by atoms with Crippen molar-refractivity contribution in [3.05, 3.63) is 23.0 Å². The van der Waals surface area contributed by atoms with E-state index in [2.05, 4.69) is 36.8 Å². The fraction of sp³-hybridized carbons (Fsp3) is 0.500. The predicted octanol–water partition coefficient (Wildman–Crippen LogP) is 3.57. The molecule has 52 valence electrons. The normalized spacial score (nSPS) is 11.8. The van der Waals surface area contributed by atoms with Crippen LogP contribution in [0.3, 0.4) is 0 Å². The maximum atomic E-state index is 2.16. The summed E-state index contributed by atoms with van der Waals surface area (Å²) in [6.07, 6.45) is 6.58. The quantitative estimate of drug-likeness (QED) is 0.578. The van der Waals surface area contributed by atoms with Crippen molar-refractivity contribution in [2.24, 2.45) is 0 Å². The van der Waals surface area contributed by atoms with Crippen LogP contribution in [0.25, 0.3) is 0 Å². The summed E-state index contributed by atoms with van der Waals surface area (Å²) in [5.74, 6) is 0. The van der Waals surface area contributed by atoms with Crippen LogP contribution in [0.5, 0.6) is 0 Å². The first-order chi connectivity index (χ1) is 4.41. The predicted molar refractivity (Wildman–Crippen MR) is 46.5 cm³/mol. The van der Waals surface area contributed by atoms with Gasteiger partial charge in [-0.1, -0.05) is 26.0 Å². The average molecular weight is 142 g/mol. The number of hydrogen-bond donors (Lipinski definition) is 0. The van der Waals surface area contributed by atoms with Crippen molar-refractivity contribution in [1.82, 2.24) is 0 Å². The van der Waals surface area contributed by atoms with Gasteiger partial charge in [-0.2, -0.15) is 0 Å². The molecular formula is C8H14S. The van der Waals surface area contributed by atoms with E-state index in [0.29, 0.717) is 0 Å². The molecule has 0 N–H and O–H groups in total. The molecule has 0 saturated carbocycles. The van der Waals surface area contributed by atoms with Gasteiger partial charge in [0.15, 0.2) is 0 Å². The minimum atomic E-state index is 1.13. The molecule has 0 aliphatic heterocycles. The Morgan fingerprint density at radius 3 is 1.78 bits per heavy atom. The summed E-state index contributed by atoms with van der Waals surface area (Å²) in [4.78, 5) is 0. The second-order valence-electron chi connectivity index (χ2n) is 1.70. The maximum Gasteiger partial charge on any atom is -0.0288 e. The molecule has 0 radical (unpaired) electrons. The zero-order chi connectivity index (χ0) is 6.95. The van der Waals surface area contributed by atoms with Crippen LogP contribution in [0.4, 0.5) is 0 Å². The van der Waals surface area contributed by atoms with E-state index >= 15 is 0 Å². The highest BCUT2D eigenvalue weighted by molar-refractivity contribution is 8.04. The minimum Gasteiger partial charge on any atom is -0.107 e. The maximum absolute atomic E-state index is 2.16. The summed E-state index contributed by atoms with van der Waals surface area (Å²) in [5, 5.41) is 4.23. The van der Waals surface area contributed by atoms with Crippen LogP contribution < -0.4 is 0 Å². The number of hydrogen-bond acceptors (Lipinski definition) is 1. The topological polar surface area (TPSA) is 0 Å². The van der Waals surface area contributed by atoms with Gasteiger partial charge >= 0.3 is 0 Å². The highest BCUT2D eigenvalue weighted by Crippen LogP contribution is 2.04. The highest BCUT2D eigenvalue weighted by Gasteiger charge is 1.68. The summed E-state index contributed by atoms with van der Waals surface area (Å²) in [6, 6.07) is 0. The third-order valence-corrected chi connectivity index (χ3v) is 1.52. The molecule has 0 unspecified atom stereocenters. The van der Waals surface area contributed by atoms with Crippen molar-refractivity contribution in [1.29, 1.82) is 0 Å². The van der Waals surface area contributed by atoms with Crippen LogP contribution in [0.2, 0.25) is 0 Å². The van der Waals surface area contributed by atoms with Gasteiger partial charge in [0.1, 0.15) is 0 Å². The minimum absolute atomic E-state index is 1.13. The van der Waals surface area contributed by atoms with Crippen molar-refractivity contribution >= 4 is 11.8 Å². The molecule has 0 aromatic carbocycles. The molecule has 1 heteroatoms. The molecule has 9 heavy (non-hydrogen) atoms. The zero-order valence-corrected chi connectivity index (χ0v) is 6.95. The van der Waals surface area contributed by atoms with Gasteiger partial charge in [-0.25, -0.2) is 0 Å². The second kappa shape index (κ2) is 7.83. The lowest BCUT2D eigenvalue weighted by molar-refractivity contribution is 1.23. The summed E-state index contributed by atoms with van der Waals surface area (Å²) in [6.45, 7) is 4.28. The molecule has 0 aliphatic carbocycles. The Bertz CT molecular complexity index is 80.7. The van der Waals surface area contributed by atoms with Gasteiger partial charge in [-0.3, -0.25) is 0 Å². The third-order valence-electron chi connectivity index (χ3n) is 0.821. The SMILES string of the molecule is CC/C=C/S/C=C/CC. The Morgan fingerprint density at radius 1 is 1.00 bits per heavy atom. The Morgan fingerprint density at radius 2 is 1.44 bits per heavy atom. The summed E-state index contributed by atoms with van der Waals surface area (Å²) < 4.78 is 0. The molecule has 0 heterocycles. The average Bonchev–Trinajstić information content (AvgIpc) is 1.89. The van der Waals surface area contributed by atoms with Gasteiger partial charge in [-0.05, 0) is 23.7 Å². The molecule has 0 fully saturated rings. The van der Waals surface area contributed by atoms with E-state index in [1.807, 2.05) is 0 Å². The third kappa shape index (κ3) is 7.83. The van der Waals surface area contributed by atoms with Crippen molar-refractivity contribution in [3.63, 3.8) is 0 Å². The van der Waals surface area contributed by atoms with Crippen molar-refractivity contribution in [2.45, 2.75) is 26.7 Å². The van der Waals surface area contributed by atoms with E-state index in [-0.39, 0.29) is 0 Å². The highest BCUT2D eigenvalue weighted by atomic mass is 32.2. The summed E-state index contributed by atoms with van der Waals surface area (Å²) in [5.41, 5.74) is 0. The standard InChI is InChI=1S/C8H14S/c1-3-5-7-9-8-6-4-2/h5-8H,3-4H2,1-2H3/b7-5+,8-6+. The number of allylic oxidation sites excluding steroid dienone is 2. The lowest BCUT2D eigenvalue weighted by Crippen LogP contribution is -1.50. The zero-order valence-electron chi connectivity index (χ0n) is 6.13. The van der Waals surface area contributed by atoms with Gasteiger partial charge < -0.3 is 0 Å². The van der Waals surface area contributed by atoms with E-state index in [0.717, 1.165) is 12.8 Å². The van der Waals surface area contributed by atoms with Gasteiger partial charge in [-0.15, -0.1) is 11.8 Å². The molecule has 0 rings (SSSR count). The van der Waals surface area contributed by atoms with Gasteiger partial charge in [0.05, 0.1) is 0 Å². The van der Waals surface area contributed by atoms with Gasteiger partial charge in [0.25, 0.3) is 0 Å². The van der Waals surface area contributed by atoms with Crippen molar-refractivity contribution < 1.29 is 0 Å². The Kier molecular flexibility index (Phi) is 7.68. The monoisotopic (exact) mass is 142 g/mol. The van der Waals surface area contributed by atoms with Gasteiger partial charge in [0, 0.05) is 0 Å². The molecule has 0 bridgehead atoms. The molecule has 0 aromatic rings.